The average Bonchev–Trinajstić information content (AvgIpc) is 3.30. The molecule has 0 fully saturated rings. The number of pyridine rings is 1. The fourth-order valence-electron chi connectivity index (χ4n) is 5.39. The second-order valence-corrected chi connectivity index (χ2v) is 12.2. The van der Waals surface area contributed by atoms with Crippen molar-refractivity contribution in [3.63, 3.8) is 0 Å². The van der Waals surface area contributed by atoms with Crippen LogP contribution in [0.1, 0.15) is 68.5 Å². The molecule has 1 aliphatic carbocycles. The van der Waals surface area contributed by atoms with Gasteiger partial charge in [0.25, 0.3) is 0 Å². The highest BCUT2D eigenvalue weighted by molar-refractivity contribution is 5.85. The van der Waals surface area contributed by atoms with Gasteiger partial charge in [0.05, 0.1) is 12.2 Å². The van der Waals surface area contributed by atoms with Gasteiger partial charge in [0.15, 0.2) is 5.75 Å². The van der Waals surface area contributed by atoms with Crippen LogP contribution in [0.4, 0.5) is 9.59 Å². The number of carbonyl (C=O) groups excluding carboxylic acids is 3. The maximum Gasteiger partial charge on any atom is 0.407 e. The third-order valence-corrected chi connectivity index (χ3v) is 7.75. The van der Waals surface area contributed by atoms with E-state index in [2.05, 4.69) is 16.0 Å². The van der Waals surface area contributed by atoms with Crippen molar-refractivity contribution in [2.75, 3.05) is 13.2 Å². The Bertz CT molecular complexity index is 1560. The first-order valence-electron chi connectivity index (χ1n) is 15.1. The van der Waals surface area contributed by atoms with Crippen LogP contribution in [-0.4, -0.2) is 52.6 Å². The molecule has 4 N–H and O–H groups in total. The fourth-order valence-corrected chi connectivity index (χ4v) is 5.39. The van der Waals surface area contributed by atoms with Crippen LogP contribution in [0.2, 0.25) is 0 Å². The number of ether oxygens (including phenoxy) is 2. The maximum atomic E-state index is 13.3. The smallest absolute Gasteiger partial charge is 0.407 e. The number of nitrogens with one attached hydrogen (secondary N) is 3. The number of hydrogen-bond donors (Lipinski definition) is 4. The second kappa shape index (κ2) is 14.3. The number of nitrogens with zero attached hydrogens (tertiary/aromatic N) is 1. The van der Waals surface area contributed by atoms with Crippen molar-refractivity contribution in [2.45, 2.75) is 71.1 Å². The monoisotopic (exact) mass is 618 g/mol. The lowest BCUT2D eigenvalue weighted by atomic mass is 9.98. The van der Waals surface area contributed by atoms with E-state index in [1.807, 2.05) is 48.5 Å². The summed E-state index contributed by atoms with van der Waals surface area (Å²) in [5, 5.41) is 18.4. The summed E-state index contributed by atoms with van der Waals surface area (Å²) in [7, 11) is 1.68. The zero-order valence-corrected chi connectivity index (χ0v) is 26.4. The molecule has 1 aromatic heterocycles. The maximum absolute atomic E-state index is 13.3. The highest BCUT2D eigenvalue weighted by Gasteiger charge is 2.30. The molecule has 0 saturated carbocycles. The average molecular weight is 619 g/mol. The minimum atomic E-state index is -0.967. The zero-order chi connectivity index (χ0) is 32.7. The Kier molecular flexibility index (Phi) is 10.5. The molecule has 0 saturated heterocycles. The molecular weight excluding hydrogens is 576 g/mol. The number of rotatable bonds is 11. The van der Waals surface area contributed by atoms with Gasteiger partial charge in [0, 0.05) is 31.3 Å². The summed E-state index contributed by atoms with van der Waals surface area (Å²) in [6.45, 7) is 7.35. The SMILES string of the molecule is Cc1cc(=O)c(O)c(CNC(=O)C(CCCCNC(=O)OC(C)(C)C)NC(=O)OCC2c3ccccc3-c3ccccc32)n1C. The van der Waals surface area contributed by atoms with Crippen molar-refractivity contribution in [3.8, 4) is 16.9 Å². The van der Waals surface area contributed by atoms with Crippen LogP contribution in [0.5, 0.6) is 5.75 Å². The number of amides is 3. The Morgan fingerprint density at radius 3 is 2.20 bits per heavy atom. The molecule has 0 aliphatic heterocycles. The first-order chi connectivity index (χ1) is 21.4. The summed E-state index contributed by atoms with van der Waals surface area (Å²) in [6.07, 6.45) is 0.00537. The van der Waals surface area contributed by atoms with Crippen LogP contribution in [0, 0.1) is 6.92 Å². The van der Waals surface area contributed by atoms with Gasteiger partial charge in [-0.2, -0.15) is 0 Å². The molecule has 0 bridgehead atoms. The number of aromatic hydroxyl groups is 1. The number of aryl methyl sites for hydroxylation is 1. The lowest BCUT2D eigenvalue weighted by Crippen LogP contribution is -2.47. The second-order valence-electron chi connectivity index (χ2n) is 12.2. The molecule has 3 aromatic rings. The van der Waals surface area contributed by atoms with Gasteiger partial charge >= 0.3 is 12.2 Å². The normalized spacial score (nSPS) is 12.9. The van der Waals surface area contributed by atoms with Crippen LogP contribution >= 0.6 is 0 Å². The Morgan fingerprint density at radius 1 is 0.956 bits per heavy atom. The third-order valence-electron chi connectivity index (χ3n) is 7.75. The van der Waals surface area contributed by atoms with E-state index in [1.165, 1.54) is 6.07 Å². The van der Waals surface area contributed by atoms with Crippen LogP contribution in [0.15, 0.2) is 59.4 Å². The van der Waals surface area contributed by atoms with E-state index < -0.39 is 40.9 Å². The van der Waals surface area contributed by atoms with E-state index in [0.717, 1.165) is 22.3 Å². The first kappa shape index (κ1) is 33.1. The van der Waals surface area contributed by atoms with Crippen LogP contribution in [-0.2, 0) is 27.9 Å². The Morgan fingerprint density at radius 2 is 1.58 bits per heavy atom. The number of fused-ring (bicyclic) bond motifs is 3. The molecule has 11 nitrogen and oxygen atoms in total. The highest BCUT2D eigenvalue weighted by atomic mass is 16.6. The van der Waals surface area contributed by atoms with Crippen LogP contribution < -0.4 is 21.4 Å². The molecule has 2 aromatic carbocycles. The lowest BCUT2D eigenvalue weighted by molar-refractivity contribution is -0.123. The van der Waals surface area contributed by atoms with Crippen molar-refractivity contribution in [1.29, 1.82) is 0 Å². The van der Waals surface area contributed by atoms with E-state index in [1.54, 1.807) is 39.3 Å². The Balaban J connectivity index is 1.39. The standard InChI is InChI=1S/C34H42N4O7/c1-21-18-29(39)30(40)28(38(21)5)19-36-31(41)27(16-10-11-17-35-32(42)45-34(2,3)4)37-33(43)44-20-26-24-14-8-6-12-22(24)23-13-7-9-15-25(23)26/h6-9,12-15,18,26-27,40H,10-11,16-17,19-20H2,1-5H3,(H,35,42)(H,36,41)(H,37,43). The predicted molar refractivity (Wildman–Crippen MR) is 170 cm³/mol. The number of unbranched alkanes of at least 4 members (excludes halogenated alkanes) is 1. The molecule has 1 unspecified atom stereocenters. The zero-order valence-electron chi connectivity index (χ0n) is 26.4. The van der Waals surface area contributed by atoms with Crippen LogP contribution in [0.25, 0.3) is 11.1 Å². The van der Waals surface area contributed by atoms with Gasteiger partial charge < -0.3 is 35.1 Å². The van der Waals surface area contributed by atoms with Gasteiger partial charge in [0.1, 0.15) is 18.2 Å². The lowest BCUT2D eigenvalue weighted by Gasteiger charge is -2.21. The molecule has 1 atom stereocenters. The van der Waals surface area contributed by atoms with Crippen molar-refractivity contribution in [2.24, 2.45) is 7.05 Å². The van der Waals surface area contributed by atoms with E-state index in [4.69, 9.17) is 9.47 Å². The summed E-state index contributed by atoms with van der Waals surface area (Å²) < 4.78 is 12.5. The van der Waals surface area contributed by atoms with E-state index >= 15 is 0 Å². The molecule has 3 amide bonds. The molecular formula is C34H42N4O7. The molecule has 240 valence electrons. The topological polar surface area (TPSA) is 148 Å². The third kappa shape index (κ3) is 8.43. The van der Waals surface area contributed by atoms with Gasteiger partial charge in [-0.15, -0.1) is 0 Å². The molecule has 45 heavy (non-hydrogen) atoms. The Labute approximate surface area is 262 Å². The molecule has 4 rings (SSSR count). The molecule has 0 spiro atoms. The number of aromatic nitrogens is 1. The fraction of sp³-hybridized carbons (Fsp3) is 0.412. The van der Waals surface area contributed by atoms with Gasteiger partial charge in [-0.05, 0) is 69.2 Å². The van der Waals surface area contributed by atoms with E-state index in [9.17, 15) is 24.3 Å². The van der Waals surface area contributed by atoms with Crippen molar-refractivity contribution in [1.82, 2.24) is 20.5 Å². The van der Waals surface area contributed by atoms with Crippen molar-refractivity contribution >= 4 is 18.1 Å². The van der Waals surface area contributed by atoms with Gasteiger partial charge in [-0.1, -0.05) is 48.5 Å². The number of carbonyl (C=O) groups is 3. The van der Waals surface area contributed by atoms with E-state index in [-0.39, 0.29) is 31.2 Å². The number of hydrogen-bond acceptors (Lipinski definition) is 7. The quantitative estimate of drug-likeness (QED) is 0.229. The summed E-state index contributed by atoms with van der Waals surface area (Å²) in [6, 6.07) is 16.4. The Hall–Kier alpha value is -4.80. The van der Waals surface area contributed by atoms with Gasteiger partial charge in [-0.25, -0.2) is 9.59 Å². The molecule has 0 radical (unpaired) electrons. The predicted octanol–water partition coefficient (Wildman–Crippen LogP) is 4.62. The van der Waals surface area contributed by atoms with Crippen molar-refractivity contribution < 1.29 is 29.0 Å². The van der Waals surface area contributed by atoms with Gasteiger partial charge in [-0.3, -0.25) is 9.59 Å². The van der Waals surface area contributed by atoms with Gasteiger partial charge in [0.2, 0.25) is 11.3 Å². The van der Waals surface area contributed by atoms with Crippen LogP contribution in [0.3, 0.4) is 0 Å². The molecule has 11 heteroatoms. The largest absolute Gasteiger partial charge is 0.503 e. The summed E-state index contributed by atoms with van der Waals surface area (Å²) >= 11 is 0. The number of alkyl carbamates (subject to hydrolysis) is 2. The number of benzene rings is 2. The highest BCUT2D eigenvalue weighted by Crippen LogP contribution is 2.44. The molecule has 1 heterocycles. The minimum absolute atomic E-state index is 0.0906. The summed E-state index contributed by atoms with van der Waals surface area (Å²) in [5.41, 5.74) is 4.06. The minimum Gasteiger partial charge on any atom is -0.503 e. The molecule has 1 aliphatic rings. The van der Waals surface area contributed by atoms with E-state index in [0.29, 0.717) is 25.1 Å². The first-order valence-corrected chi connectivity index (χ1v) is 15.1. The summed E-state index contributed by atoms with van der Waals surface area (Å²) in [5.74, 6) is -1.09. The van der Waals surface area contributed by atoms with Crippen molar-refractivity contribution in [3.05, 3.63) is 87.3 Å². The summed E-state index contributed by atoms with van der Waals surface area (Å²) in [4.78, 5) is 50.4.